The Morgan fingerprint density at radius 1 is 1.20 bits per heavy atom. The van der Waals surface area contributed by atoms with Crippen LogP contribution in [0.1, 0.15) is 35.3 Å². The van der Waals surface area contributed by atoms with E-state index in [1.54, 1.807) is 6.20 Å². The molecule has 1 saturated heterocycles. The molecule has 2 aromatic rings. The lowest BCUT2D eigenvalue weighted by atomic mass is 10.1. The van der Waals surface area contributed by atoms with Gasteiger partial charge < -0.3 is 15.1 Å². The molecule has 1 aliphatic rings. The summed E-state index contributed by atoms with van der Waals surface area (Å²) < 4.78 is 0. The average Bonchev–Trinajstić information content (AvgIpc) is 2.67. The highest BCUT2D eigenvalue weighted by atomic mass is 16.1. The molecule has 0 aliphatic carbocycles. The molecule has 0 spiro atoms. The summed E-state index contributed by atoms with van der Waals surface area (Å²) in [5.74, 6) is 0.669. The third kappa shape index (κ3) is 4.47. The van der Waals surface area contributed by atoms with Crippen molar-refractivity contribution in [3.8, 4) is 0 Å². The second-order valence-corrected chi connectivity index (χ2v) is 6.52. The number of nitrogens with zero attached hydrogens (tertiary/aromatic N) is 4. The summed E-state index contributed by atoms with van der Waals surface area (Å²) in [6, 6.07) is 9.43. The fraction of sp³-hybridized carbons (Fsp3) is 0.421. The Balaban J connectivity index is 1.63. The van der Waals surface area contributed by atoms with Gasteiger partial charge in [0.15, 0.2) is 0 Å². The fourth-order valence-electron chi connectivity index (χ4n) is 2.93. The SMILES string of the molecule is CN(C)c1cccc(C(=O)NCc2ccnc(N3CCCCC3)n2)c1. The molecule has 3 rings (SSSR count). The van der Waals surface area contributed by atoms with Crippen LogP contribution in [-0.2, 0) is 6.54 Å². The van der Waals surface area contributed by atoms with E-state index in [2.05, 4.69) is 20.2 Å². The van der Waals surface area contributed by atoms with Gasteiger partial charge in [0.25, 0.3) is 5.91 Å². The number of carbonyl (C=O) groups is 1. The topological polar surface area (TPSA) is 61.4 Å². The van der Waals surface area contributed by atoms with E-state index in [-0.39, 0.29) is 5.91 Å². The van der Waals surface area contributed by atoms with Gasteiger partial charge in [0.1, 0.15) is 0 Å². The first-order valence-electron chi connectivity index (χ1n) is 8.76. The molecular weight excluding hydrogens is 314 g/mol. The molecular formula is C19H25N5O. The monoisotopic (exact) mass is 339 g/mol. The molecule has 0 unspecified atom stereocenters. The van der Waals surface area contributed by atoms with Gasteiger partial charge in [-0.15, -0.1) is 0 Å². The van der Waals surface area contributed by atoms with Crippen molar-refractivity contribution < 1.29 is 4.79 Å². The maximum Gasteiger partial charge on any atom is 0.251 e. The van der Waals surface area contributed by atoms with Crippen molar-refractivity contribution in [2.24, 2.45) is 0 Å². The predicted molar refractivity (Wildman–Crippen MR) is 100 cm³/mol. The molecule has 1 amide bonds. The molecule has 1 N–H and O–H groups in total. The molecule has 132 valence electrons. The van der Waals surface area contributed by atoms with Crippen LogP contribution in [0.5, 0.6) is 0 Å². The van der Waals surface area contributed by atoms with Crippen molar-refractivity contribution in [2.45, 2.75) is 25.8 Å². The number of rotatable bonds is 5. The molecule has 1 fully saturated rings. The quantitative estimate of drug-likeness (QED) is 0.907. The standard InChI is InChI=1S/C19H25N5O/c1-23(2)17-8-6-7-15(13-17)18(25)21-14-16-9-10-20-19(22-16)24-11-4-3-5-12-24/h6-10,13H,3-5,11-12,14H2,1-2H3,(H,21,25). The lowest BCUT2D eigenvalue weighted by molar-refractivity contribution is 0.0950. The average molecular weight is 339 g/mol. The second-order valence-electron chi connectivity index (χ2n) is 6.52. The van der Waals surface area contributed by atoms with Crippen molar-refractivity contribution in [1.29, 1.82) is 0 Å². The van der Waals surface area contributed by atoms with Crippen LogP contribution < -0.4 is 15.1 Å². The van der Waals surface area contributed by atoms with Gasteiger partial charge in [-0.1, -0.05) is 6.07 Å². The van der Waals surface area contributed by atoms with Gasteiger partial charge in [-0.2, -0.15) is 0 Å². The van der Waals surface area contributed by atoms with Crippen LogP contribution in [0.3, 0.4) is 0 Å². The number of hydrogen-bond acceptors (Lipinski definition) is 5. The van der Waals surface area contributed by atoms with Crippen LogP contribution in [0.25, 0.3) is 0 Å². The van der Waals surface area contributed by atoms with E-state index < -0.39 is 0 Å². The first-order chi connectivity index (χ1) is 12.1. The van der Waals surface area contributed by atoms with Gasteiger partial charge in [-0.3, -0.25) is 4.79 Å². The predicted octanol–water partition coefficient (Wildman–Crippen LogP) is 2.46. The van der Waals surface area contributed by atoms with Gasteiger partial charge in [0.05, 0.1) is 12.2 Å². The van der Waals surface area contributed by atoms with Crippen molar-refractivity contribution in [3.05, 3.63) is 47.8 Å². The molecule has 0 radical (unpaired) electrons. The molecule has 1 aromatic carbocycles. The Morgan fingerprint density at radius 2 is 2.00 bits per heavy atom. The second kappa shape index (κ2) is 7.96. The summed E-state index contributed by atoms with van der Waals surface area (Å²) in [5, 5.41) is 2.95. The minimum atomic E-state index is -0.0955. The fourth-order valence-corrected chi connectivity index (χ4v) is 2.93. The lowest BCUT2D eigenvalue weighted by Gasteiger charge is -2.26. The van der Waals surface area contributed by atoms with E-state index in [0.29, 0.717) is 12.1 Å². The largest absolute Gasteiger partial charge is 0.378 e. The molecule has 6 nitrogen and oxygen atoms in total. The third-order valence-electron chi connectivity index (χ3n) is 4.39. The maximum atomic E-state index is 12.4. The molecule has 6 heteroatoms. The zero-order valence-electron chi connectivity index (χ0n) is 14.9. The molecule has 0 bridgehead atoms. The summed E-state index contributed by atoms with van der Waals surface area (Å²) in [6.45, 7) is 2.41. The molecule has 0 atom stereocenters. The van der Waals surface area contributed by atoms with Crippen molar-refractivity contribution in [3.63, 3.8) is 0 Å². The first-order valence-corrected chi connectivity index (χ1v) is 8.76. The summed E-state index contributed by atoms with van der Waals surface area (Å²) in [4.78, 5) is 25.6. The number of aromatic nitrogens is 2. The highest BCUT2D eigenvalue weighted by Gasteiger charge is 2.14. The van der Waals surface area contributed by atoms with Crippen molar-refractivity contribution in [1.82, 2.24) is 15.3 Å². The van der Waals surface area contributed by atoms with Crippen LogP contribution >= 0.6 is 0 Å². The van der Waals surface area contributed by atoms with Crippen molar-refractivity contribution >= 4 is 17.5 Å². The molecule has 25 heavy (non-hydrogen) atoms. The number of amides is 1. The van der Waals surface area contributed by atoms with Crippen LogP contribution in [0, 0.1) is 0 Å². The van der Waals surface area contributed by atoms with Gasteiger partial charge in [-0.25, -0.2) is 9.97 Å². The number of nitrogens with one attached hydrogen (secondary N) is 1. The molecule has 1 aromatic heterocycles. The molecule has 1 aliphatic heterocycles. The highest BCUT2D eigenvalue weighted by Crippen LogP contribution is 2.16. The Kier molecular flexibility index (Phi) is 5.48. The summed E-state index contributed by atoms with van der Waals surface area (Å²) in [7, 11) is 3.92. The summed E-state index contributed by atoms with van der Waals surface area (Å²) >= 11 is 0. The van der Waals surface area contributed by atoms with Crippen molar-refractivity contribution in [2.75, 3.05) is 37.0 Å². The van der Waals surface area contributed by atoms with Crippen LogP contribution in [0.15, 0.2) is 36.5 Å². The van der Waals surface area contributed by atoms with Gasteiger partial charge in [0, 0.05) is 44.6 Å². The van der Waals surface area contributed by atoms with Gasteiger partial charge in [-0.05, 0) is 43.5 Å². The van der Waals surface area contributed by atoms with Crippen LogP contribution in [0.2, 0.25) is 0 Å². The highest BCUT2D eigenvalue weighted by molar-refractivity contribution is 5.95. The van der Waals surface area contributed by atoms with E-state index in [1.807, 2.05) is 49.3 Å². The number of hydrogen-bond donors (Lipinski definition) is 1. The Morgan fingerprint density at radius 3 is 2.76 bits per heavy atom. The first kappa shape index (κ1) is 17.2. The Labute approximate surface area is 148 Å². The maximum absolute atomic E-state index is 12.4. The normalized spacial score (nSPS) is 14.2. The lowest BCUT2D eigenvalue weighted by Crippen LogP contribution is -2.31. The Bertz CT molecular complexity index is 725. The van der Waals surface area contributed by atoms with Crippen LogP contribution in [0.4, 0.5) is 11.6 Å². The minimum Gasteiger partial charge on any atom is -0.378 e. The number of carbonyl (C=O) groups excluding carboxylic acids is 1. The summed E-state index contributed by atoms with van der Waals surface area (Å²) in [5.41, 5.74) is 2.48. The Hall–Kier alpha value is -2.63. The van der Waals surface area contributed by atoms with E-state index in [0.717, 1.165) is 30.4 Å². The van der Waals surface area contributed by atoms with Crippen LogP contribution in [-0.4, -0.2) is 43.1 Å². The molecule has 0 saturated carbocycles. The van der Waals surface area contributed by atoms with E-state index in [1.165, 1.54) is 19.3 Å². The number of anilines is 2. The number of piperidine rings is 1. The van der Waals surface area contributed by atoms with Gasteiger partial charge >= 0.3 is 0 Å². The van der Waals surface area contributed by atoms with Gasteiger partial charge in [0.2, 0.25) is 5.95 Å². The van der Waals surface area contributed by atoms with E-state index in [9.17, 15) is 4.79 Å². The van der Waals surface area contributed by atoms with E-state index >= 15 is 0 Å². The zero-order chi connectivity index (χ0) is 17.6. The van der Waals surface area contributed by atoms with E-state index in [4.69, 9.17) is 0 Å². The minimum absolute atomic E-state index is 0.0955. The third-order valence-corrected chi connectivity index (χ3v) is 4.39. The number of benzene rings is 1. The summed E-state index contributed by atoms with van der Waals surface area (Å²) in [6.07, 6.45) is 5.42. The zero-order valence-corrected chi connectivity index (χ0v) is 14.9. The smallest absolute Gasteiger partial charge is 0.251 e. The molecule has 2 heterocycles.